The van der Waals surface area contributed by atoms with Gasteiger partial charge >= 0.3 is 0 Å². The van der Waals surface area contributed by atoms with Gasteiger partial charge in [-0.05, 0) is 6.42 Å². The zero-order chi connectivity index (χ0) is 9.35. The number of hydrogen-bond donors (Lipinski definition) is 1. The van der Waals surface area contributed by atoms with Crippen LogP contribution in [0.4, 0.5) is 0 Å². The fourth-order valence-electron chi connectivity index (χ4n) is 1.33. The van der Waals surface area contributed by atoms with Crippen LogP contribution in [0.2, 0.25) is 0 Å². The molecule has 1 aliphatic rings. The molecule has 1 aliphatic heterocycles. The summed E-state index contributed by atoms with van der Waals surface area (Å²) in [6, 6.07) is -0.238. The maximum atomic E-state index is 11.6. The van der Waals surface area contributed by atoms with Gasteiger partial charge in [-0.1, -0.05) is 20.8 Å². The molecule has 1 fully saturated rings. The van der Waals surface area contributed by atoms with Crippen LogP contribution in [0.15, 0.2) is 0 Å². The average molecular weight is 169 g/mol. The van der Waals surface area contributed by atoms with Crippen molar-refractivity contribution in [1.82, 2.24) is 5.32 Å². The van der Waals surface area contributed by atoms with Gasteiger partial charge in [0.05, 0.1) is 6.04 Å². The van der Waals surface area contributed by atoms with E-state index in [0.29, 0.717) is 12.8 Å². The highest BCUT2D eigenvalue weighted by Crippen LogP contribution is 2.21. The fourth-order valence-corrected chi connectivity index (χ4v) is 1.33. The van der Waals surface area contributed by atoms with Crippen molar-refractivity contribution in [3.05, 3.63) is 0 Å². The number of carbonyl (C=O) groups excluding carboxylic acids is 2. The molecule has 0 unspecified atom stereocenters. The molecule has 0 aromatic carbocycles. The topological polar surface area (TPSA) is 46.2 Å². The van der Waals surface area contributed by atoms with Crippen molar-refractivity contribution in [2.24, 2.45) is 5.41 Å². The Morgan fingerprint density at radius 3 is 2.42 bits per heavy atom. The minimum atomic E-state index is -0.345. The highest BCUT2D eigenvalue weighted by atomic mass is 16.2. The van der Waals surface area contributed by atoms with Gasteiger partial charge < -0.3 is 5.32 Å². The van der Waals surface area contributed by atoms with Crippen molar-refractivity contribution >= 4 is 11.7 Å². The number of hydrogen-bond acceptors (Lipinski definition) is 2. The largest absolute Gasteiger partial charge is 0.346 e. The molecular weight excluding hydrogens is 154 g/mol. The molecule has 1 atom stereocenters. The minimum absolute atomic E-state index is 0.00222. The molecule has 1 amide bonds. The maximum absolute atomic E-state index is 11.6. The Morgan fingerprint density at radius 1 is 1.50 bits per heavy atom. The second-order valence-corrected chi connectivity index (χ2v) is 4.27. The van der Waals surface area contributed by atoms with E-state index in [1.165, 1.54) is 0 Å². The highest BCUT2D eigenvalue weighted by molar-refractivity contribution is 5.94. The van der Waals surface area contributed by atoms with E-state index >= 15 is 0 Å². The average Bonchev–Trinajstić information content (AvgIpc) is 2.32. The Labute approximate surface area is 72.5 Å². The van der Waals surface area contributed by atoms with Crippen LogP contribution in [0.5, 0.6) is 0 Å². The Kier molecular flexibility index (Phi) is 2.22. The summed E-state index contributed by atoms with van der Waals surface area (Å²) < 4.78 is 0. The summed E-state index contributed by atoms with van der Waals surface area (Å²) in [6.07, 6.45) is 1.15. The van der Waals surface area contributed by atoms with Crippen molar-refractivity contribution in [2.75, 3.05) is 0 Å². The van der Waals surface area contributed by atoms with E-state index in [2.05, 4.69) is 5.32 Å². The Morgan fingerprint density at radius 2 is 2.08 bits per heavy atom. The van der Waals surface area contributed by atoms with Crippen LogP contribution < -0.4 is 5.32 Å². The molecule has 1 rings (SSSR count). The predicted molar refractivity (Wildman–Crippen MR) is 45.6 cm³/mol. The van der Waals surface area contributed by atoms with Crippen molar-refractivity contribution in [3.8, 4) is 0 Å². The van der Waals surface area contributed by atoms with Crippen LogP contribution in [-0.4, -0.2) is 17.7 Å². The fraction of sp³-hybridized carbons (Fsp3) is 0.778. The van der Waals surface area contributed by atoms with Gasteiger partial charge in [0.15, 0.2) is 5.78 Å². The number of Topliss-reactive ketones (excluding diaryl/α,β-unsaturated/α-hetero) is 1. The summed E-state index contributed by atoms with van der Waals surface area (Å²) in [5, 5.41) is 2.67. The molecule has 0 aliphatic carbocycles. The molecule has 0 radical (unpaired) electrons. The SMILES string of the molecule is CC(C)(C)C(=O)[C@@H]1CCC(=O)N1. The summed E-state index contributed by atoms with van der Waals surface area (Å²) >= 11 is 0. The molecule has 1 saturated heterocycles. The molecule has 3 nitrogen and oxygen atoms in total. The van der Waals surface area contributed by atoms with E-state index in [0.717, 1.165) is 0 Å². The first-order chi connectivity index (χ1) is 5.41. The van der Waals surface area contributed by atoms with Gasteiger partial charge in [0, 0.05) is 11.8 Å². The summed E-state index contributed by atoms with van der Waals surface area (Å²) in [7, 11) is 0. The van der Waals surface area contributed by atoms with Crippen LogP contribution >= 0.6 is 0 Å². The third kappa shape index (κ3) is 1.84. The number of ketones is 1. The van der Waals surface area contributed by atoms with Gasteiger partial charge in [-0.15, -0.1) is 0 Å². The van der Waals surface area contributed by atoms with Gasteiger partial charge in [-0.3, -0.25) is 9.59 Å². The second kappa shape index (κ2) is 2.88. The van der Waals surface area contributed by atoms with Gasteiger partial charge in [-0.25, -0.2) is 0 Å². The molecule has 0 bridgehead atoms. The van der Waals surface area contributed by atoms with E-state index in [9.17, 15) is 9.59 Å². The standard InChI is InChI=1S/C9H15NO2/c1-9(2,3)8(12)6-4-5-7(11)10-6/h6H,4-5H2,1-3H3,(H,10,11)/t6-/m0/s1. The second-order valence-electron chi connectivity index (χ2n) is 4.27. The van der Waals surface area contributed by atoms with Gasteiger partial charge in [0.25, 0.3) is 0 Å². The van der Waals surface area contributed by atoms with Crippen molar-refractivity contribution in [1.29, 1.82) is 0 Å². The Balaban J connectivity index is 2.61. The van der Waals surface area contributed by atoms with Gasteiger partial charge in [-0.2, -0.15) is 0 Å². The van der Waals surface area contributed by atoms with Crippen molar-refractivity contribution < 1.29 is 9.59 Å². The lowest BCUT2D eigenvalue weighted by Crippen LogP contribution is -2.40. The predicted octanol–water partition coefficient (Wildman–Crippen LogP) is 0.880. The van der Waals surface area contributed by atoms with E-state index in [1.807, 2.05) is 20.8 Å². The van der Waals surface area contributed by atoms with Crippen LogP contribution in [0.3, 0.4) is 0 Å². The number of carbonyl (C=O) groups is 2. The van der Waals surface area contributed by atoms with Gasteiger partial charge in [0.1, 0.15) is 0 Å². The van der Waals surface area contributed by atoms with Crippen LogP contribution in [0.25, 0.3) is 0 Å². The normalized spacial score (nSPS) is 23.9. The molecule has 68 valence electrons. The van der Waals surface area contributed by atoms with E-state index in [1.54, 1.807) is 0 Å². The van der Waals surface area contributed by atoms with E-state index < -0.39 is 0 Å². The third-order valence-electron chi connectivity index (χ3n) is 2.05. The lowest BCUT2D eigenvalue weighted by Gasteiger charge is -2.20. The highest BCUT2D eigenvalue weighted by Gasteiger charge is 2.33. The number of amides is 1. The monoisotopic (exact) mass is 169 g/mol. The molecule has 0 spiro atoms. The minimum Gasteiger partial charge on any atom is -0.346 e. The lowest BCUT2D eigenvalue weighted by molar-refractivity contribution is -0.129. The summed E-state index contributed by atoms with van der Waals surface area (Å²) in [6.45, 7) is 5.62. The van der Waals surface area contributed by atoms with E-state index in [4.69, 9.17) is 0 Å². The first kappa shape index (κ1) is 9.23. The summed E-state index contributed by atoms with van der Waals surface area (Å²) in [5.74, 6) is 0.131. The Hall–Kier alpha value is -0.860. The smallest absolute Gasteiger partial charge is 0.220 e. The first-order valence-corrected chi connectivity index (χ1v) is 4.25. The summed E-state index contributed by atoms with van der Waals surface area (Å²) in [5.41, 5.74) is -0.345. The number of rotatable bonds is 1. The van der Waals surface area contributed by atoms with Crippen LogP contribution in [-0.2, 0) is 9.59 Å². The van der Waals surface area contributed by atoms with Crippen molar-refractivity contribution in [3.63, 3.8) is 0 Å². The quantitative estimate of drug-likeness (QED) is 0.633. The zero-order valence-electron chi connectivity index (χ0n) is 7.81. The van der Waals surface area contributed by atoms with E-state index in [-0.39, 0.29) is 23.1 Å². The molecular formula is C9H15NO2. The molecule has 1 N–H and O–H groups in total. The number of nitrogens with one attached hydrogen (secondary N) is 1. The molecule has 0 saturated carbocycles. The van der Waals surface area contributed by atoms with Gasteiger partial charge in [0.2, 0.25) is 5.91 Å². The lowest BCUT2D eigenvalue weighted by atomic mass is 9.86. The molecule has 0 aromatic rings. The summed E-state index contributed by atoms with van der Waals surface area (Å²) in [4.78, 5) is 22.4. The molecule has 1 heterocycles. The first-order valence-electron chi connectivity index (χ1n) is 4.25. The van der Waals surface area contributed by atoms with Crippen LogP contribution in [0.1, 0.15) is 33.6 Å². The maximum Gasteiger partial charge on any atom is 0.220 e. The molecule has 3 heteroatoms. The van der Waals surface area contributed by atoms with Crippen molar-refractivity contribution in [2.45, 2.75) is 39.7 Å². The molecule has 12 heavy (non-hydrogen) atoms. The van der Waals surface area contributed by atoms with Crippen LogP contribution in [0, 0.1) is 5.41 Å². The third-order valence-corrected chi connectivity index (χ3v) is 2.05. The Bertz CT molecular complexity index is 215. The molecule has 0 aromatic heterocycles. The zero-order valence-corrected chi connectivity index (χ0v) is 7.81.